The number of para-hydroxylation sites is 1. The van der Waals surface area contributed by atoms with Gasteiger partial charge in [-0.05, 0) is 19.9 Å². The summed E-state index contributed by atoms with van der Waals surface area (Å²) in [6.45, 7) is 2.53. The number of alkyl halides is 2. The Morgan fingerprint density at radius 2 is 2.10 bits per heavy atom. The van der Waals surface area contributed by atoms with Crippen molar-refractivity contribution in [3.8, 4) is 5.75 Å². The fourth-order valence-corrected chi connectivity index (χ4v) is 2.19. The molecule has 1 N–H and O–H groups in total. The van der Waals surface area contributed by atoms with E-state index in [2.05, 4.69) is 15.0 Å². The summed E-state index contributed by atoms with van der Waals surface area (Å²) in [7, 11) is 0. The molecule has 4 nitrogen and oxygen atoms in total. The highest BCUT2D eigenvalue weighted by atomic mass is 19.3. The van der Waals surface area contributed by atoms with E-state index in [1.165, 1.54) is 0 Å². The van der Waals surface area contributed by atoms with E-state index >= 15 is 0 Å². The Balaban J connectivity index is 2.05. The van der Waals surface area contributed by atoms with Crippen LogP contribution in [0.5, 0.6) is 5.75 Å². The Morgan fingerprint density at radius 3 is 2.81 bits per heavy atom. The molecule has 0 aliphatic heterocycles. The number of aromatic nitrogens is 2. The lowest BCUT2D eigenvalue weighted by Gasteiger charge is -2.18. The molecule has 6 heteroatoms. The molecule has 0 saturated heterocycles. The number of ether oxygens (including phenoxy) is 1. The maximum absolute atomic E-state index is 12.4. The van der Waals surface area contributed by atoms with Crippen LogP contribution < -0.4 is 10.1 Å². The first-order chi connectivity index (χ1) is 10.1. The van der Waals surface area contributed by atoms with E-state index < -0.39 is 6.61 Å². The second kappa shape index (κ2) is 7.17. The molecule has 0 bridgehead atoms. The minimum atomic E-state index is -2.82. The summed E-state index contributed by atoms with van der Waals surface area (Å²) in [4.78, 5) is 4.27. The quantitative estimate of drug-likeness (QED) is 0.851. The second-order valence-corrected chi connectivity index (χ2v) is 4.65. The van der Waals surface area contributed by atoms with E-state index in [1.807, 2.05) is 24.6 Å². The van der Waals surface area contributed by atoms with Crippen LogP contribution in [0.25, 0.3) is 0 Å². The van der Waals surface area contributed by atoms with Crippen LogP contribution in [-0.4, -0.2) is 16.2 Å². The molecule has 21 heavy (non-hydrogen) atoms. The van der Waals surface area contributed by atoms with Gasteiger partial charge in [-0.25, -0.2) is 4.98 Å². The van der Waals surface area contributed by atoms with E-state index in [1.54, 1.807) is 30.5 Å². The highest BCUT2D eigenvalue weighted by molar-refractivity contribution is 5.35. The molecular weight excluding hydrogens is 276 g/mol. The monoisotopic (exact) mass is 295 g/mol. The second-order valence-electron chi connectivity index (χ2n) is 4.65. The van der Waals surface area contributed by atoms with Gasteiger partial charge in [0.05, 0.1) is 6.54 Å². The third-order valence-electron chi connectivity index (χ3n) is 3.31. The van der Waals surface area contributed by atoms with Crippen LogP contribution >= 0.6 is 0 Å². The third-order valence-corrected chi connectivity index (χ3v) is 3.31. The van der Waals surface area contributed by atoms with E-state index in [4.69, 9.17) is 0 Å². The molecule has 2 rings (SSSR count). The lowest BCUT2D eigenvalue weighted by atomic mass is 10.1. The van der Waals surface area contributed by atoms with Crippen LogP contribution in [0.3, 0.4) is 0 Å². The van der Waals surface area contributed by atoms with Gasteiger partial charge < -0.3 is 14.6 Å². The van der Waals surface area contributed by atoms with Crippen molar-refractivity contribution in [2.24, 2.45) is 0 Å². The highest BCUT2D eigenvalue weighted by Crippen LogP contribution is 2.26. The normalized spacial score (nSPS) is 12.6. The van der Waals surface area contributed by atoms with Gasteiger partial charge in [-0.1, -0.05) is 18.2 Å². The lowest BCUT2D eigenvalue weighted by molar-refractivity contribution is -0.0506. The molecule has 1 aromatic heterocycles. The Labute approximate surface area is 122 Å². The molecule has 0 amide bonds. The van der Waals surface area contributed by atoms with Crippen LogP contribution in [0.15, 0.2) is 36.7 Å². The zero-order valence-electron chi connectivity index (χ0n) is 12.1. The van der Waals surface area contributed by atoms with Crippen LogP contribution in [0.2, 0.25) is 0 Å². The Morgan fingerprint density at radius 1 is 1.33 bits per heavy atom. The van der Waals surface area contributed by atoms with Gasteiger partial charge in [-0.15, -0.1) is 0 Å². The summed E-state index contributed by atoms with van der Waals surface area (Å²) in [5, 5.41) is 3.28. The number of nitrogens with zero attached hydrogens (tertiary/aromatic N) is 2. The van der Waals surface area contributed by atoms with Crippen LogP contribution in [0.4, 0.5) is 8.78 Å². The summed E-state index contributed by atoms with van der Waals surface area (Å²) in [6.07, 6.45) is 3.66. The molecule has 0 spiro atoms. The molecule has 0 saturated carbocycles. The van der Waals surface area contributed by atoms with Gasteiger partial charge in [0.2, 0.25) is 0 Å². The first-order valence-corrected chi connectivity index (χ1v) is 6.89. The van der Waals surface area contributed by atoms with Crippen LogP contribution in [0, 0.1) is 0 Å². The van der Waals surface area contributed by atoms with Gasteiger partial charge in [0.1, 0.15) is 11.6 Å². The van der Waals surface area contributed by atoms with Gasteiger partial charge in [-0.3, -0.25) is 0 Å². The standard InChI is InChI=1S/C15H19F2N3O/c1-3-20-9-8-18-14(20)10-19-11(2)12-6-4-5-7-13(12)21-15(16)17/h4-9,11,15,19H,3,10H2,1-2H3. The molecule has 0 aliphatic rings. The summed E-state index contributed by atoms with van der Waals surface area (Å²) in [5.74, 6) is 1.11. The molecule has 1 atom stereocenters. The van der Waals surface area contributed by atoms with Crippen LogP contribution in [-0.2, 0) is 13.1 Å². The van der Waals surface area contributed by atoms with E-state index in [-0.39, 0.29) is 11.8 Å². The largest absolute Gasteiger partial charge is 0.434 e. The van der Waals surface area contributed by atoms with Crippen molar-refractivity contribution in [3.63, 3.8) is 0 Å². The fraction of sp³-hybridized carbons (Fsp3) is 0.400. The predicted molar refractivity (Wildman–Crippen MR) is 76.2 cm³/mol. The van der Waals surface area contributed by atoms with Gasteiger partial charge in [0.25, 0.3) is 0 Å². The number of hydrogen-bond acceptors (Lipinski definition) is 3. The zero-order chi connectivity index (χ0) is 15.2. The number of aryl methyl sites for hydroxylation is 1. The molecule has 0 aliphatic carbocycles. The minimum Gasteiger partial charge on any atom is -0.434 e. The molecular formula is C15H19F2N3O. The number of rotatable bonds is 7. The third kappa shape index (κ3) is 4.01. The molecule has 1 heterocycles. The molecule has 114 valence electrons. The van der Waals surface area contributed by atoms with Crippen molar-refractivity contribution in [1.29, 1.82) is 0 Å². The Hall–Kier alpha value is -1.95. The fourth-order valence-electron chi connectivity index (χ4n) is 2.19. The van der Waals surface area contributed by atoms with Crippen molar-refractivity contribution < 1.29 is 13.5 Å². The van der Waals surface area contributed by atoms with E-state index in [0.717, 1.165) is 12.4 Å². The summed E-state index contributed by atoms with van der Waals surface area (Å²) < 4.78 is 31.4. The van der Waals surface area contributed by atoms with Crippen LogP contribution in [0.1, 0.15) is 31.3 Å². The lowest BCUT2D eigenvalue weighted by Crippen LogP contribution is -2.21. The number of benzene rings is 1. The SMILES string of the molecule is CCn1ccnc1CNC(C)c1ccccc1OC(F)F. The Kier molecular flexibility index (Phi) is 5.27. The average molecular weight is 295 g/mol. The molecule has 2 aromatic rings. The summed E-state index contributed by atoms with van der Waals surface area (Å²) >= 11 is 0. The topological polar surface area (TPSA) is 39.1 Å². The van der Waals surface area contributed by atoms with Gasteiger partial charge in [-0.2, -0.15) is 8.78 Å². The molecule has 0 radical (unpaired) electrons. The maximum Gasteiger partial charge on any atom is 0.387 e. The summed E-state index contributed by atoms with van der Waals surface area (Å²) in [6, 6.07) is 6.69. The van der Waals surface area contributed by atoms with Crippen molar-refractivity contribution in [2.75, 3.05) is 0 Å². The minimum absolute atomic E-state index is 0.123. The van der Waals surface area contributed by atoms with Crippen molar-refractivity contribution >= 4 is 0 Å². The maximum atomic E-state index is 12.4. The van der Waals surface area contributed by atoms with E-state index in [9.17, 15) is 8.78 Å². The first kappa shape index (κ1) is 15.4. The van der Waals surface area contributed by atoms with Crippen molar-refractivity contribution in [1.82, 2.24) is 14.9 Å². The van der Waals surface area contributed by atoms with E-state index in [0.29, 0.717) is 12.1 Å². The molecule has 1 unspecified atom stereocenters. The highest BCUT2D eigenvalue weighted by Gasteiger charge is 2.14. The number of imidazole rings is 1. The average Bonchev–Trinajstić information content (AvgIpc) is 2.92. The smallest absolute Gasteiger partial charge is 0.387 e. The van der Waals surface area contributed by atoms with Crippen molar-refractivity contribution in [2.45, 2.75) is 39.6 Å². The number of nitrogens with one attached hydrogen (secondary N) is 1. The van der Waals surface area contributed by atoms with Gasteiger partial charge in [0.15, 0.2) is 0 Å². The molecule has 0 fully saturated rings. The van der Waals surface area contributed by atoms with Crippen molar-refractivity contribution in [3.05, 3.63) is 48.0 Å². The number of hydrogen-bond donors (Lipinski definition) is 1. The molecule has 1 aromatic carbocycles. The zero-order valence-corrected chi connectivity index (χ0v) is 12.1. The number of halogens is 2. The van der Waals surface area contributed by atoms with Gasteiger partial charge >= 0.3 is 6.61 Å². The van der Waals surface area contributed by atoms with Gasteiger partial charge in [0, 0.05) is 30.5 Å². The first-order valence-electron chi connectivity index (χ1n) is 6.89. The predicted octanol–water partition coefficient (Wildman–Crippen LogP) is 3.36. The Bertz CT molecular complexity index is 572. The summed E-state index contributed by atoms with van der Waals surface area (Å²) in [5.41, 5.74) is 0.701.